The molecule has 3 aliphatic rings. The number of morpholine rings is 1. The van der Waals surface area contributed by atoms with Crippen molar-refractivity contribution in [3.8, 4) is 11.4 Å². The van der Waals surface area contributed by atoms with Gasteiger partial charge in [0.15, 0.2) is 5.82 Å². The van der Waals surface area contributed by atoms with Gasteiger partial charge in [0.1, 0.15) is 5.82 Å². The summed E-state index contributed by atoms with van der Waals surface area (Å²) in [7, 11) is 0. The van der Waals surface area contributed by atoms with E-state index >= 15 is 0 Å². The first-order chi connectivity index (χ1) is 14.7. The summed E-state index contributed by atoms with van der Waals surface area (Å²) in [6, 6.07) is 2.22. The number of aromatic nitrogens is 4. The van der Waals surface area contributed by atoms with Crippen LogP contribution in [0.15, 0.2) is 18.5 Å². The average Bonchev–Trinajstić information content (AvgIpc) is 3.09. The minimum absolute atomic E-state index is 0.0893. The number of fused-ring (bicyclic) bond motifs is 1. The van der Waals surface area contributed by atoms with Crippen LogP contribution in [-0.2, 0) is 10.9 Å². The average molecular weight is 435 g/mol. The van der Waals surface area contributed by atoms with Gasteiger partial charge >= 0.3 is 6.18 Å². The molecule has 3 fully saturated rings. The summed E-state index contributed by atoms with van der Waals surface area (Å²) in [4.78, 5) is 11.1. The van der Waals surface area contributed by atoms with Crippen LogP contribution < -0.4 is 0 Å². The summed E-state index contributed by atoms with van der Waals surface area (Å²) in [5.74, 6) is 2.73. The maximum absolute atomic E-state index is 13.1. The molecule has 6 nitrogen and oxygen atoms in total. The lowest BCUT2D eigenvalue weighted by Crippen LogP contribution is -2.49. The molecule has 2 aliphatic carbocycles. The van der Waals surface area contributed by atoms with Crippen molar-refractivity contribution < 1.29 is 17.9 Å². The first-order valence-corrected chi connectivity index (χ1v) is 11.1. The molecule has 5 rings (SSSR count). The van der Waals surface area contributed by atoms with Crippen LogP contribution in [0.5, 0.6) is 0 Å². The minimum atomic E-state index is -4.44. The number of nitrogens with zero attached hydrogens (tertiary/aromatic N) is 5. The summed E-state index contributed by atoms with van der Waals surface area (Å²) in [5.41, 5.74) is -0.473. The van der Waals surface area contributed by atoms with Crippen LogP contribution >= 0.6 is 0 Å². The molecule has 0 unspecified atom stereocenters. The Hall–Kier alpha value is -2.00. The van der Waals surface area contributed by atoms with E-state index in [1.165, 1.54) is 6.20 Å². The second kappa shape index (κ2) is 7.55. The molecule has 168 valence electrons. The molecule has 9 heteroatoms. The number of rotatable bonds is 4. The van der Waals surface area contributed by atoms with Crippen LogP contribution in [0.4, 0.5) is 13.2 Å². The molecule has 0 radical (unpaired) electrons. The van der Waals surface area contributed by atoms with Gasteiger partial charge in [-0.2, -0.15) is 18.3 Å². The van der Waals surface area contributed by atoms with E-state index in [0.29, 0.717) is 41.2 Å². The van der Waals surface area contributed by atoms with Crippen molar-refractivity contribution in [1.82, 2.24) is 24.6 Å². The number of pyridine rings is 1. The number of halogens is 3. The third kappa shape index (κ3) is 3.75. The Morgan fingerprint density at radius 3 is 2.55 bits per heavy atom. The van der Waals surface area contributed by atoms with Gasteiger partial charge in [0.05, 0.1) is 18.8 Å². The van der Waals surface area contributed by atoms with Crippen LogP contribution in [0.25, 0.3) is 11.4 Å². The van der Waals surface area contributed by atoms with Gasteiger partial charge in [0.25, 0.3) is 0 Å². The van der Waals surface area contributed by atoms with E-state index < -0.39 is 11.7 Å². The van der Waals surface area contributed by atoms with Gasteiger partial charge in [-0.1, -0.05) is 0 Å². The summed E-state index contributed by atoms with van der Waals surface area (Å²) in [6.45, 7) is 8.88. The summed E-state index contributed by atoms with van der Waals surface area (Å²) >= 11 is 0. The second-order valence-corrected chi connectivity index (χ2v) is 9.43. The van der Waals surface area contributed by atoms with Gasteiger partial charge < -0.3 is 4.74 Å². The molecular formula is C22H28F3N5O. The highest BCUT2D eigenvalue weighted by Crippen LogP contribution is 2.64. The van der Waals surface area contributed by atoms with Gasteiger partial charge in [0.2, 0.25) is 0 Å². The predicted molar refractivity (Wildman–Crippen MR) is 108 cm³/mol. The van der Waals surface area contributed by atoms with Crippen molar-refractivity contribution in [1.29, 1.82) is 0 Å². The van der Waals surface area contributed by atoms with Crippen molar-refractivity contribution in [2.45, 2.75) is 63.8 Å². The zero-order chi connectivity index (χ0) is 21.9. The lowest BCUT2D eigenvalue weighted by Gasteiger charge is -2.38. The molecule has 31 heavy (non-hydrogen) atoms. The standard InChI is InChI=1S/C22H28F3N5O/c1-12(2)30-21(27-20(28-30)14-6-15(10-26-9-14)22(23,24)25)19-17-7-16(8-18(17)19)29-4-5-31-11-13(29)3/h6,9-10,12-13,16-19H,4-5,7-8,11H2,1-3H3/t13-,16?,17-,18-,19?/m1/s1. The van der Waals surface area contributed by atoms with Crippen molar-refractivity contribution in [3.63, 3.8) is 0 Å². The second-order valence-electron chi connectivity index (χ2n) is 9.43. The van der Waals surface area contributed by atoms with Crippen molar-refractivity contribution in [2.24, 2.45) is 11.8 Å². The highest BCUT2D eigenvalue weighted by molar-refractivity contribution is 5.54. The van der Waals surface area contributed by atoms with Crippen LogP contribution in [0, 0.1) is 11.8 Å². The molecule has 0 amide bonds. The monoisotopic (exact) mass is 435 g/mol. The van der Waals surface area contributed by atoms with Gasteiger partial charge in [-0.25, -0.2) is 9.67 Å². The number of hydrogen-bond acceptors (Lipinski definition) is 5. The molecule has 3 atom stereocenters. The Bertz CT molecular complexity index is 947. The highest BCUT2D eigenvalue weighted by Gasteiger charge is 2.59. The fraction of sp³-hybridized carbons (Fsp3) is 0.682. The number of ether oxygens (including phenoxy) is 1. The van der Waals surface area contributed by atoms with E-state index in [0.717, 1.165) is 50.7 Å². The number of hydrogen-bond donors (Lipinski definition) is 0. The fourth-order valence-electron chi connectivity index (χ4n) is 5.53. The van der Waals surface area contributed by atoms with E-state index in [-0.39, 0.29) is 6.04 Å². The maximum atomic E-state index is 13.1. The fourth-order valence-corrected chi connectivity index (χ4v) is 5.53. The van der Waals surface area contributed by atoms with Gasteiger partial charge in [-0.3, -0.25) is 9.88 Å². The SMILES string of the molecule is CC(C)n1nc(-c2cncc(C(F)(F)F)c2)nc1C1[C@@H]2CC(N3CCOC[C@H]3C)C[C@@H]12. The van der Waals surface area contributed by atoms with Crippen molar-refractivity contribution in [3.05, 3.63) is 29.8 Å². The maximum Gasteiger partial charge on any atom is 0.417 e. The summed E-state index contributed by atoms with van der Waals surface area (Å²) in [6.07, 6.45) is 0.0895. The summed E-state index contributed by atoms with van der Waals surface area (Å²) in [5, 5.41) is 4.58. The molecule has 2 aromatic heterocycles. The Kier molecular flexibility index (Phi) is 5.08. The molecule has 3 heterocycles. The topological polar surface area (TPSA) is 56.1 Å². The Balaban J connectivity index is 1.37. The first kappa shape index (κ1) is 20.9. The molecule has 1 saturated heterocycles. The lowest BCUT2D eigenvalue weighted by molar-refractivity contribution is -0.137. The van der Waals surface area contributed by atoms with E-state index in [2.05, 4.69) is 21.9 Å². The lowest BCUT2D eigenvalue weighted by atomic mass is 10.0. The van der Waals surface area contributed by atoms with E-state index in [1.54, 1.807) is 0 Å². The normalized spacial score (nSPS) is 29.5. The van der Waals surface area contributed by atoms with E-state index in [9.17, 15) is 13.2 Å². The van der Waals surface area contributed by atoms with Crippen LogP contribution in [0.3, 0.4) is 0 Å². The molecule has 0 bridgehead atoms. The first-order valence-electron chi connectivity index (χ1n) is 11.1. The zero-order valence-corrected chi connectivity index (χ0v) is 18.0. The third-order valence-corrected chi connectivity index (χ3v) is 7.08. The molecule has 0 aromatic carbocycles. The van der Waals surface area contributed by atoms with Crippen molar-refractivity contribution in [2.75, 3.05) is 19.8 Å². The molecule has 2 aromatic rings. The zero-order valence-electron chi connectivity index (χ0n) is 18.0. The molecule has 1 aliphatic heterocycles. The third-order valence-electron chi connectivity index (χ3n) is 7.08. The largest absolute Gasteiger partial charge is 0.417 e. The smallest absolute Gasteiger partial charge is 0.379 e. The Morgan fingerprint density at radius 1 is 1.16 bits per heavy atom. The van der Waals surface area contributed by atoms with Gasteiger partial charge in [-0.05, 0) is 51.5 Å². The molecular weight excluding hydrogens is 407 g/mol. The quantitative estimate of drug-likeness (QED) is 0.722. The highest BCUT2D eigenvalue weighted by atomic mass is 19.4. The van der Waals surface area contributed by atoms with Crippen molar-refractivity contribution >= 4 is 0 Å². The van der Waals surface area contributed by atoms with Gasteiger partial charge in [0, 0.05) is 48.5 Å². The molecule has 0 N–H and O–H groups in total. The van der Waals surface area contributed by atoms with Crippen LogP contribution in [0.2, 0.25) is 0 Å². The Labute approximate surface area is 179 Å². The number of alkyl halides is 3. The van der Waals surface area contributed by atoms with Gasteiger partial charge in [-0.15, -0.1) is 0 Å². The van der Waals surface area contributed by atoms with E-state index in [4.69, 9.17) is 9.72 Å². The molecule has 0 spiro atoms. The van der Waals surface area contributed by atoms with E-state index in [1.807, 2.05) is 18.5 Å². The predicted octanol–water partition coefficient (Wildman–Crippen LogP) is 4.15. The summed E-state index contributed by atoms with van der Waals surface area (Å²) < 4.78 is 46.8. The molecule has 2 saturated carbocycles. The van der Waals surface area contributed by atoms with Crippen LogP contribution in [0.1, 0.15) is 57.0 Å². The van der Waals surface area contributed by atoms with Crippen LogP contribution in [-0.4, -0.2) is 56.5 Å². The minimum Gasteiger partial charge on any atom is -0.379 e. The Morgan fingerprint density at radius 2 is 1.90 bits per heavy atom.